The van der Waals surface area contributed by atoms with Gasteiger partial charge in [0.05, 0.1) is 6.61 Å². The van der Waals surface area contributed by atoms with Gasteiger partial charge in [0.2, 0.25) is 0 Å². The minimum atomic E-state index is -5.22. The fraction of sp³-hybridized carbons (Fsp3) is 0.471. The second-order valence-electron chi connectivity index (χ2n) is 5.78. The maximum absolute atomic E-state index is 12.5. The predicted molar refractivity (Wildman–Crippen MR) is 85.7 cm³/mol. The van der Waals surface area contributed by atoms with Gasteiger partial charge in [0, 0.05) is 6.42 Å². The molecule has 1 unspecified atom stereocenters. The van der Waals surface area contributed by atoms with Gasteiger partial charge in [-0.25, -0.2) is 9.59 Å². The molecule has 1 atom stereocenters. The molecular formula is C17H17F6NO5. The summed E-state index contributed by atoms with van der Waals surface area (Å²) in [4.78, 5) is 33.9. The van der Waals surface area contributed by atoms with Crippen LogP contribution in [-0.4, -0.2) is 42.8 Å². The Bertz CT molecular complexity index is 715. The number of benzene rings is 1. The van der Waals surface area contributed by atoms with Crippen molar-refractivity contribution in [3.8, 4) is 5.75 Å². The van der Waals surface area contributed by atoms with Crippen molar-refractivity contribution >= 4 is 17.8 Å². The van der Waals surface area contributed by atoms with Crippen LogP contribution in [0.25, 0.3) is 0 Å². The summed E-state index contributed by atoms with van der Waals surface area (Å²) < 4.78 is 82.9. The summed E-state index contributed by atoms with van der Waals surface area (Å²) in [5, 5.41) is 1.53. The molecule has 0 aromatic heterocycles. The average molecular weight is 429 g/mol. The van der Waals surface area contributed by atoms with Gasteiger partial charge in [-0.15, -0.1) is 0 Å². The first-order chi connectivity index (χ1) is 13.3. The maximum atomic E-state index is 12.5. The first-order valence-corrected chi connectivity index (χ1v) is 8.26. The summed E-state index contributed by atoms with van der Waals surface area (Å²) in [6.07, 6.45) is -9.73. The van der Waals surface area contributed by atoms with Gasteiger partial charge in [-0.1, -0.05) is 25.5 Å². The van der Waals surface area contributed by atoms with Gasteiger partial charge >= 0.3 is 30.2 Å². The Balaban J connectivity index is 2.87. The van der Waals surface area contributed by atoms with E-state index in [0.717, 1.165) is 24.3 Å². The second kappa shape index (κ2) is 10.1. The van der Waals surface area contributed by atoms with Crippen LogP contribution in [0.2, 0.25) is 0 Å². The van der Waals surface area contributed by atoms with Crippen LogP contribution in [0.4, 0.5) is 26.3 Å². The Hall–Kier alpha value is -2.79. The molecule has 0 heterocycles. The number of carbonyl (C=O) groups is 3. The molecule has 0 fully saturated rings. The van der Waals surface area contributed by atoms with Crippen molar-refractivity contribution in [2.75, 3.05) is 6.61 Å². The lowest BCUT2D eigenvalue weighted by Crippen LogP contribution is -2.48. The first-order valence-electron chi connectivity index (χ1n) is 8.26. The zero-order valence-electron chi connectivity index (χ0n) is 15.0. The van der Waals surface area contributed by atoms with E-state index in [2.05, 4.69) is 4.74 Å². The Labute approximate surface area is 161 Å². The number of alkyl halides is 6. The minimum Gasteiger partial charge on any atom is -0.464 e. The standard InChI is InChI=1S/C17H17F6NO5/c1-2-3-8-28-13(25)12(24-14(26)16(18,19)20)9-10-4-6-11(7-5-10)29-15(27)17(21,22)23/h4-7,12H,2-3,8-9H2,1H3,(H,24,26). The molecule has 0 saturated heterocycles. The molecule has 1 aromatic carbocycles. The second-order valence-corrected chi connectivity index (χ2v) is 5.78. The fourth-order valence-corrected chi connectivity index (χ4v) is 1.95. The Morgan fingerprint density at radius 1 is 1.00 bits per heavy atom. The molecule has 0 spiro atoms. The number of hydrogen-bond donors (Lipinski definition) is 1. The van der Waals surface area contributed by atoms with Crippen LogP contribution >= 0.6 is 0 Å². The van der Waals surface area contributed by atoms with Crippen molar-refractivity contribution in [3.05, 3.63) is 29.8 Å². The van der Waals surface area contributed by atoms with E-state index in [1.54, 1.807) is 6.92 Å². The number of rotatable bonds is 8. The Kier molecular flexibility index (Phi) is 8.46. The molecule has 1 amide bonds. The predicted octanol–water partition coefficient (Wildman–Crippen LogP) is 3.09. The van der Waals surface area contributed by atoms with E-state index in [9.17, 15) is 40.7 Å². The van der Waals surface area contributed by atoms with E-state index in [-0.39, 0.29) is 12.2 Å². The van der Waals surface area contributed by atoms with Crippen molar-refractivity contribution < 1.29 is 50.2 Å². The van der Waals surface area contributed by atoms with Gasteiger partial charge in [-0.2, -0.15) is 26.3 Å². The molecule has 0 aliphatic rings. The number of carbonyl (C=O) groups excluding carboxylic acids is 3. The molecule has 0 aliphatic heterocycles. The molecule has 12 heteroatoms. The number of amides is 1. The van der Waals surface area contributed by atoms with Crippen molar-refractivity contribution in [1.29, 1.82) is 0 Å². The monoisotopic (exact) mass is 429 g/mol. The van der Waals surface area contributed by atoms with E-state index in [4.69, 9.17) is 4.74 Å². The molecule has 1 N–H and O–H groups in total. The normalized spacial score (nSPS) is 12.8. The van der Waals surface area contributed by atoms with Crippen LogP contribution in [-0.2, 0) is 25.5 Å². The van der Waals surface area contributed by atoms with E-state index >= 15 is 0 Å². The SMILES string of the molecule is CCCCOC(=O)C(Cc1ccc(OC(=O)C(F)(F)F)cc1)NC(=O)C(F)(F)F. The van der Waals surface area contributed by atoms with E-state index < -0.39 is 48.4 Å². The van der Waals surface area contributed by atoms with Crippen molar-refractivity contribution in [2.24, 2.45) is 0 Å². The van der Waals surface area contributed by atoms with E-state index in [1.807, 2.05) is 0 Å². The largest absolute Gasteiger partial charge is 0.491 e. The highest BCUT2D eigenvalue weighted by molar-refractivity contribution is 5.87. The number of ether oxygens (including phenoxy) is 2. The summed E-state index contributed by atoms with van der Waals surface area (Å²) in [5.74, 6) is -6.34. The van der Waals surface area contributed by atoms with Gasteiger partial charge in [0.1, 0.15) is 11.8 Å². The third-order valence-electron chi connectivity index (χ3n) is 3.39. The summed E-state index contributed by atoms with van der Waals surface area (Å²) in [6.45, 7) is 1.74. The van der Waals surface area contributed by atoms with Crippen LogP contribution in [0.5, 0.6) is 5.75 Å². The smallest absolute Gasteiger partial charge is 0.464 e. The quantitative estimate of drug-likeness (QED) is 0.297. The van der Waals surface area contributed by atoms with Gasteiger partial charge < -0.3 is 14.8 Å². The Morgan fingerprint density at radius 3 is 2.07 bits per heavy atom. The lowest BCUT2D eigenvalue weighted by atomic mass is 10.1. The third-order valence-corrected chi connectivity index (χ3v) is 3.39. The zero-order chi connectivity index (χ0) is 22.2. The van der Waals surface area contributed by atoms with Crippen molar-refractivity contribution in [2.45, 2.75) is 44.6 Å². The van der Waals surface area contributed by atoms with Gasteiger partial charge in [0.15, 0.2) is 0 Å². The number of unbranched alkanes of at least 4 members (excludes halogenated alkanes) is 1. The van der Waals surface area contributed by atoms with Crippen molar-refractivity contribution in [1.82, 2.24) is 5.32 Å². The molecule has 0 bridgehead atoms. The zero-order valence-corrected chi connectivity index (χ0v) is 15.0. The molecule has 1 aromatic rings. The number of nitrogens with one attached hydrogen (secondary N) is 1. The number of halogens is 6. The van der Waals surface area contributed by atoms with Gasteiger partial charge in [-0.3, -0.25) is 4.79 Å². The average Bonchev–Trinajstić information content (AvgIpc) is 2.61. The lowest BCUT2D eigenvalue weighted by Gasteiger charge is -2.19. The summed E-state index contributed by atoms with van der Waals surface area (Å²) in [5.41, 5.74) is 0.178. The van der Waals surface area contributed by atoms with Crippen molar-refractivity contribution in [3.63, 3.8) is 0 Å². The van der Waals surface area contributed by atoms with Gasteiger partial charge in [-0.05, 0) is 24.1 Å². The van der Waals surface area contributed by atoms with Crippen LogP contribution in [0.3, 0.4) is 0 Å². The molecule has 1 rings (SSSR count). The van der Waals surface area contributed by atoms with Crippen LogP contribution in [0.1, 0.15) is 25.3 Å². The molecular weight excluding hydrogens is 412 g/mol. The highest BCUT2D eigenvalue weighted by Gasteiger charge is 2.42. The van der Waals surface area contributed by atoms with E-state index in [1.165, 1.54) is 5.32 Å². The topological polar surface area (TPSA) is 81.7 Å². The molecule has 29 heavy (non-hydrogen) atoms. The molecule has 0 saturated carbocycles. The van der Waals surface area contributed by atoms with Gasteiger partial charge in [0.25, 0.3) is 0 Å². The minimum absolute atomic E-state index is 0.0555. The lowest BCUT2D eigenvalue weighted by molar-refractivity contribution is -0.189. The Morgan fingerprint density at radius 2 is 1.59 bits per heavy atom. The molecule has 0 aliphatic carbocycles. The van der Waals surface area contributed by atoms with Crippen LogP contribution < -0.4 is 10.1 Å². The summed E-state index contributed by atoms with van der Waals surface area (Å²) in [7, 11) is 0. The highest BCUT2D eigenvalue weighted by atomic mass is 19.4. The number of hydrogen-bond acceptors (Lipinski definition) is 5. The maximum Gasteiger partial charge on any atom is 0.491 e. The fourth-order valence-electron chi connectivity index (χ4n) is 1.95. The molecule has 0 radical (unpaired) electrons. The summed E-state index contributed by atoms with van der Waals surface area (Å²) in [6, 6.07) is 2.51. The highest BCUT2D eigenvalue weighted by Crippen LogP contribution is 2.21. The molecule has 162 valence electrons. The third kappa shape index (κ3) is 8.40. The van der Waals surface area contributed by atoms with Crippen LogP contribution in [0, 0.1) is 0 Å². The van der Waals surface area contributed by atoms with Crippen LogP contribution in [0.15, 0.2) is 24.3 Å². The van der Waals surface area contributed by atoms with E-state index in [0.29, 0.717) is 12.8 Å². The number of esters is 2. The summed E-state index contributed by atoms with van der Waals surface area (Å²) >= 11 is 0. The first kappa shape index (κ1) is 24.2. The molecule has 6 nitrogen and oxygen atoms in total.